The summed E-state index contributed by atoms with van der Waals surface area (Å²) in [7, 11) is -3.59. The summed E-state index contributed by atoms with van der Waals surface area (Å²) < 4.78 is 27.0. The molecule has 128 valence electrons. The fourth-order valence-electron chi connectivity index (χ4n) is 2.12. The quantitative estimate of drug-likeness (QED) is 0.740. The van der Waals surface area contributed by atoms with Crippen LogP contribution in [0.1, 0.15) is 31.4 Å². The van der Waals surface area contributed by atoms with Crippen molar-refractivity contribution in [2.45, 2.75) is 39.0 Å². The highest BCUT2D eigenvalue weighted by Crippen LogP contribution is 2.14. The van der Waals surface area contributed by atoms with Crippen LogP contribution in [0.3, 0.4) is 0 Å². The molecule has 0 atom stereocenters. The van der Waals surface area contributed by atoms with Crippen LogP contribution in [0.15, 0.2) is 35.2 Å². The minimum Gasteiger partial charge on any atom is -0.339 e. The number of rotatable bonds is 8. The first-order valence-electron chi connectivity index (χ1n) is 7.66. The van der Waals surface area contributed by atoms with Crippen LogP contribution in [0.5, 0.6) is 0 Å². The van der Waals surface area contributed by atoms with Gasteiger partial charge in [0.15, 0.2) is 0 Å². The molecule has 0 aliphatic rings. The maximum Gasteiger partial charge on any atom is 0.240 e. The lowest BCUT2D eigenvalue weighted by Gasteiger charge is -2.21. The maximum atomic E-state index is 12.2. The number of nitrogens with zero attached hydrogens (tertiary/aromatic N) is 1. The third-order valence-electron chi connectivity index (χ3n) is 3.61. The van der Waals surface area contributed by atoms with Gasteiger partial charge in [-0.3, -0.25) is 4.79 Å². The zero-order valence-electron chi connectivity index (χ0n) is 14.3. The van der Waals surface area contributed by atoms with Crippen molar-refractivity contribution in [2.24, 2.45) is 0 Å². The number of likely N-dealkylation sites (N-methyl/N-ethyl adjacent to an activating group) is 1. The molecule has 0 saturated carbocycles. The first-order chi connectivity index (χ1) is 10.7. The second-order valence-corrected chi connectivity index (χ2v) is 7.53. The van der Waals surface area contributed by atoms with Gasteiger partial charge in [-0.05, 0) is 51.0 Å². The molecule has 0 aliphatic heterocycles. The van der Waals surface area contributed by atoms with Crippen LogP contribution in [0.2, 0.25) is 0 Å². The number of amides is 1. The minimum atomic E-state index is -3.59. The van der Waals surface area contributed by atoms with E-state index in [0.717, 1.165) is 16.7 Å². The van der Waals surface area contributed by atoms with Gasteiger partial charge in [0.2, 0.25) is 15.9 Å². The van der Waals surface area contributed by atoms with E-state index in [-0.39, 0.29) is 23.8 Å². The Morgan fingerprint density at radius 1 is 1.26 bits per heavy atom. The summed E-state index contributed by atoms with van der Waals surface area (Å²) in [6.45, 7) is 12.5. The summed E-state index contributed by atoms with van der Waals surface area (Å²) in [4.78, 5) is 14.0. The van der Waals surface area contributed by atoms with Gasteiger partial charge < -0.3 is 4.90 Å². The zero-order chi connectivity index (χ0) is 17.6. The molecule has 1 aromatic carbocycles. The fourth-order valence-corrected chi connectivity index (χ4v) is 3.23. The summed E-state index contributed by atoms with van der Waals surface area (Å²) in [5, 5.41) is 0. The van der Waals surface area contributed by atoms with Crippen molar-refractivity contribution in [3.05, 3.63) is 41.5 Å². The number of nitrogens with one attached hydrogen (secondary N) is 1. The van der Waals surface area contributed by atoms with Crippen molar-refractivity contribution in [2.75, 3.05) is 19.6 Å². The number of hydrogen-bond donors (Lipinski definition) is 1. The van der Waals surface area contributed by atoms with Crippen molar-refractivity contribution in [3.63, 3.8) is 0 Å². The Kier molecular flexibility index (Phi) is 6.97. The van der Waals surface area contributed by atoms with Gasteiger partial charge in [0.25, 0.3) is 0 Å². The number of sulfonamides is 1. The highest BCUT2D eigenvalue weighted by atomic mass is 32.2. The lowest BCUT2D eigenvalue weighted by Crippen LogP contribution is -2.35. The molecule has 0 bridgehead atoms. The average Bonchev–Trinajstić information content (AvgIpc) is 2.46. The molecule has 0 fully saturated rings. The van der Waals surface area contributed by atoms with Crippen molar-refractivity contribution in [1.82, 2.24) is 9.62 Å². The van der Waals surface area contributed by atoms with Crippen LogP contribution in [0, 0.1) is 13.8 Å². The Labute approximate surface area is 139 Å². The second kappa shape index (κ2) is 8.26. The van der Waals surface area contributed by atoms with Crippen molar-refractivity contribution < 1.29 is 13.2 Å². The molecule has 23 heavy (non-hydrogen) atoms. The average molecular weight is 338 g/mol. The van der Waals surface area contributed by atoms with Gasteiger partial charge in [0.05, 0.1) is 4.90 Å². The van der Waals surface area contributed by atoms with E-state index in [4.69, 9.17) is 0 Å². The van der Waals surface area contributed by atoms with Gasteiger partial charge in [0.1, 0.15) is 0 Å². The number of benzene rings is 1. The highest BCUT2D eigenvalue weighted by Gasteiger charge is 2.16. The molecule has 1 amide bonds. The molecule has 0 spiro atoms. The van der Waals surface area contributed by atoms with Crippen LogP contribution in [-0.4, -0.2) is 38.9 Å². The van der Waals surface area contributed by atoms with Crippen LogP contribution < -0.4 is 4.72 Å². The predicted octanol–water partition coefficient (Wildman–Crippen LogP) is 2.40. The molecule has 6 heteroatoms. The molecule has 0 radical (unpaired) electrons. The topological polar surface area (TPSA) is 66.5 Å². The lowest BCUT2D eigenvalue weighted by molar-refractivity contribution is -0.130. The van der Waals surface area contributed by atoms with E-state index in [1.165, 1.54) is 0 Å². The van der Waals surface area contributed by atoms with Gasteiger partial charge in [0, 0.05) is 26.1 Å². The van der Waals surface area contributed by atoms with Gasteiger partial charge in [-0.2, -0.15) is 0 Å². The monoisotopic (exact) mass is 338 g/mol. The summed E-state index contributed by atoms with van der Waals surface area (Å²) in [6, 6.07) is 4.99. The standard InChI is InChI=1S/C17H26N2O3S/c1-6-19(12-13(2)3)17(20)9-10-18-23(21,22)16-8-7-14(4)15(5)11-16/h7-8,11,18H,2,6,9-10,12H2,1,3-5H3. The number of aryl methyl sites for hydroxylation is 2. The van der Waals surface area contributed by atoms with E-state index in [0.29, 0.717) is 13.1 Å². The lowest BCUT2D eigenvalue weighted by atomic mass is 10.1. The van der Waals surface area contributed by atoms with E-state index in [9.17, 15) is 13.2 Å². The van der Waals surface area contributed by atoms with Crippen LogP contribution in [0.4, 0.5) is 0 Å². The number of carbonyl (C=O) groups is 1. The third kappa shape index (κ3) is 5.80. The molecule has 0 saturated heterocycles. The molecule has 0 aliphatic carbocycles. The summed E-state index contributed by atoms with van der Waals surface area (Å²) in [6.07, 6.45) is 0.130. The summed E-state index contributed by atoms with van der Waals surface area (Å²) in [5.41, 5.74) is 2.86. The summed E-state index contributed by atoms with van der Waals surface area (Å²) in [5.74, 6) is -0.0849. The SMILES string of the molecule is C=C(C)CN(CC)C(=O)CCNS(=O)(=O)c1ccc(C)c(C)c1. The van der Waals surface area contributed by atoms with E-state index >= 15 is 0 Å². The Bertz CT molecular complexity index is 681. The largest absolute Gasteiger partial charge is 0.339 e. The van der Waals surface area contributed by atoms with Gasteiger partial charge in [-0.15, -0.1) is 0 Å². The predicted molar refractivity (Wildman–Crippen MR) is 92.8 cm³/mol. The molecular formula is C17H26N2O3S. The van der Waals surface area contributed by atoms with Gasteiger partial charge in [-0.25, -0.2) is 13.1 Å². The summed E-state index contributed by atoms with van der Waals surface area (Å²) >= 11 is 0. The maximum absolute atomic E-state index is 12.2. The third-order valence-corrected chi connectivity index (χ3v) is 5.07. The van der Waals surface area contributed by atoms with Crippen molar-refractivity contribution in [1.29, 1.82) is 0 Å². The first-order valence-corrected chi connectivity index (χ1v) is 9.14. The Hall–Kier alpha value is -1.66. The van der Waals surface area contributed by atoms with E-state index in [2.05, 4.69) is 11.3 Å². The molecule has 0 unspecified atom stereocenters. The van der Waals surface area contributed by atoms with E-state index in [1.807, 2.05) is 27.7 Å². The van der Waals surface area contributed by atoms with Crippen LogP contribution >= 0.6 is 0 Å². The zero-order valence-corrected chi connectivity index (χ0v) is 15.2. The smallest absolute Gasteiger partial charge is 0.240 e. The molecule has 1 rings (SSSR count). The molecular weight excluding hydrogens is 312 g/mol. The Balaban J connectivity index is 2.64. The second-order valence-electron chi connectivity index (χ2n) is 5.76. The minimum absolute atomic E-state index is 0.0841. The van der Waals surface area contributed by atoms with Crippen molar-refractivity contribution >= 4 is 15.9 Å². The molecule has 1 N–H and O–H groups in total. The van der Waals surface area contributed by atoms with E-state index < -0.39 is 10.0 Å². The Morgan fingerprint density at radius 3 is 2.43 bits per heavy atom. The van der Waals surface area contributed by atoms with Crippen molar-refractivity contribution in [3.8, 4) is 0 Å². The number of carbonyl (C=O) groups excluding carboxylic acids is 1. The molecule has 0 heterocycles. The fraction of sp³-hybridized carbons (Fsp3) is 0.471. The molecule has 5 nitrogen and oxygen atoms in total. The highest BCUT2D eigenvalue weighted by molar-refractivity contribution is 7.89. The number of hydrogen-bond acceptors (Lipinski definition) is 3. The van der Waals surface area contributed by atoms with Crippen LogP contribution in [0.25, 0.3) is 0 Å². The van der Waals surface area contributed by atoms with E-state index in [1.54, 1.807) is 23.1 Å². The first kappa shape index (κ1) is 19.4. The van der Waals surface area contributed by atoms with Crippen LogP contribution in [-0.2, 0) is 14.8 Å². The normalized spacial score (nSPS) is 11.3. The molecule has 1 aromatic rings. The Morgan fingerprint density at radius 2 is 1.91 bits per heavy atom. The molecule has 0 aromatic heterocycles. The van der Waals surface area contributed by atoms with Gasteiger partial charge >= 0.3 is 0 Å². The van der Waals surface area contributed by atoms with Gasteiger partial charge in [-0.1, -0.05) is 18.2 Å².